The van der Waals surface area contributed by atoms with Gasteiger partial charge in [0.25, 0.3) is 0 Å². The zero-order chi connectivity index (χ0) is 11.1. The predicted octanol–water partition coefficient (Wildman–Crippen LogP) is 2.05. The third kappa shape index (κ3) is 4.73. The lowest BCUT2D eigenvalue weighted by Gasteiger charge is -2.19. The standard InChI is InChI=1S/C11H20N2OS/c1-3-4-5-13(6-7-14)8-11-12-10(2)9-15-11/h9,14H,3-8H2,1-2H3. The van der Waals surface area contributed by atoms with Crippen LogP contribution in [0.5, 0.6) is 0 Å². The lowest BCUT2D eigenvalue weighted by molar-refractivity contribution is 0.188. The number of nitrogens with zero attached hydrogens (tertiary/aromatic N) is 2. The van der Waals surface area contributed by atoms with E-state index in [1.165, 1.54) is 12.8 Å². The molecule has 0 aliphatic carbocycles. The first-order valence-electron chi connectivity index (χ1n) is 5.50. The maximum absolute atomic E-state index is 8.96. The second kappa shape index (κ2) is 6.93. The lowest BCUT2D eigenvalue weighted by Crippen LogP contribution is -2.27. The Kier molecular flexibility index (Phi) is 5.83. The second-order valence-electron chi connectivity index (χ2n) is 3.74. The topological polar surface area (TPSA) is 36.4 Å². The molecule has 0 radical (unpaired) electrons. The van der Waals surface area contributed by atoms with Crippen LogP contribution in [0.25, 0.3) is 0 Å². The maximum atomic E-state index is 8.96. The molecule has 0 amide bonds. The fourth-order valence-electron chi connectivity index (χ4n) is 1.46. The summed E-state index contributed by atoms with van der Waals surface area (Å²) >= 11 is 1.70. The van der Waals surface area contributed by atoms with Gasteiger partial charge in [-0.3, -0.25) is 4.90 Å². The van der Waals surface area contributed by atoms with Gasteiger partial charge in [0.2, 0.25) is 0 Å². The van der Waals surface area contributed by atoms with Gasteiger partial charge in [0.15, 0.2) is 0 Å². The molecule has 1 aromatic rings. The van der Waals surface area contributed by atoms with Crippen LogP contribution in [0.15, 0.2) is 5.38 Å². The smallest absolute Gasteiger partial charge is 0.107 e. The Morgan fingerprint density at radius 3 is 2.80 bits per heavy atom. The molecule has 1 N–H and O–H groups in total. The molecule has 0 bridgehead atoms. The van der Waals surface area contributed by atoms with Gasteiger partial charge in [-0.1, -0.05) is 13.3 Å². The average Bonchev–Trinajstić information content (AvgIpc) is 2.61. The normalized spacial score (nSPS) is 11.2. The Morgan fingerprint density at radius 2 is 2.27 bits per heavy atom. The van der Waals surface area contributed by atoms with E-state index in [1.807, 2.05) is 6.92 Å². The van der Waals surface area contributed by atoms with E-state index in [-0.39, 0.29) is 6.61 Å². The van der Waals surface area contributed by atoms with Crippen LogP contribution in [0.1, 0.15) is 30.5 Å². The number of aliphatic hydroxyl groups is 1. The van der Waals surface area contributed by atoms with Crippen molar-refractivity contribution in [2.24, 2.45) is 0 Å². The number of thiazole rings is 1. The number of aryl methyl sites for hydroxylation is 1. The van der Waals surface area contributed by atoms with E-state index in [9.17, 15) is 0 Å². The van der Waals surface area contributed by atoms with Crippen molar-refractivity contribution in [2.45, 2.75) is 33.2 Å². The van der Waals surface area contributed by atoms with E-state index in [2.05, 4.69) is 22.2 Å². The van der Waals surface area contributed by atoms with Crippen molar-refractivity contribution < 1.29 is 5.11 Å². The van der Waals surface area contributed by atoms with Crippen molar-refractivity contribution in [3.63, 3.8) is 0 Å². The molecule has 0 aliphatic rings. The lowest BCUT2D eigenvalue weighted by atomic mass is 10.3. The van der Waals surface area contributed by atoms with Crippen molar-refractivity contribution in [1.29, 1.82) is 0 Å². The first-order valence-corrected chi connectivity index (χ1v) is 6.38. The summed E-state index contributed by atoms with van der Waals surface area (Å²) in [5.74, 6) is 0. The van der Waals surface area contributed by atoms with Crippen LogP contribution >= 0.6 is 11.3 Å². The molecule has 0 saturated heterocycles. The average molecular weight is 228 g/mol. The minimum absolute atomic E-state index is 0.230. The van der Waals surface area contributed by atoms with Crippen molar-refractivity contribution in [3.05, 3.63) is 16.1 Å². The Bertz CT molecular complexity index is 275. The van der Waals surface area contributed by atoms with Crippen LogP contribution < -0.4 is 0 Å². The van der Waals surface area contributed by atoms with E-state index in [0.29, 0.717) is 0 Å². The van der Waals surface area contributed by atoms with Gasteiger partial charge in [0.05, 0.1) is 13.2 Å². The van der Waals surface area contributed by atoms with Gasteiger partial charge in [0.1, 0.15) is 5.01 Å². The Balaban J connectivity index is 2.42. The largest absolute Gasteiger partial charge is 0.395 e. The molecule has 0 aliphatic heterocycles. The number of aromatic nitrogens is 1. The van der Waals surface area contributed by atoms with Crippen LogP contribution in [0.2, 0.25) is 0 Å². The van der Waals surface area contributed by atoms with Gasteiger partial charge >= 0.3 is 0 Å². The number of rotatable bonds is 7. The molecule has 1 heterocycles. The summed E-state index contributed by atoms with van der Waals surface area (Å²) < 4.78 is 0. The van der Waals surface area contributed by atoms with Crippen LogP contribution in [-0.2, 0) is 6.54 Å². The minimum Gasteiger partial charge on any atom is -0.395 e. The molecule has 0 unspecified atom stereocenters. The zero-order valence-corrected chi connectivity index (χ0v) is 10.4. The molecular formula is C11H20N2OS. The van der Waals surface area contributed by atoms with E-state index in [0.717, 1.165) is 30.3 Å². The highest BCUT2D eigenvalue weighted by Gasteiger charge is 2.07. The summed E-state index contributed by atoms with van der Waals surface area (Å²) in [6, 6.07) is 0. The van der Waals surface area contributed by atoms with Crippen LogP contribution in [0.3, 0.4) is 0 Å². The van der Waals surface area contributed by atoms with Crippen LogP contribution in [0.4, 0.5) is 0 Å². The summed E-state index contributed by atoms with van der Waals surface area (Å²) in [5.41, 5.74) is 1.09. The molecule has 0 spiro atoms. The van der Waals surface area contributed by atoms with E-state index in [1.54, 1.807) is 11.3 Å². The summed E-state index contributed by atoms with van der Waals surface area (Å²) in [5, 5.41) is 12.2. The van der Waals surface area contributed by atoms with Gasteiger partial charge in [-0.15, -0.1) is 11.3 Å². The molecule has 3 nitrogen and oxygen atoms in total. The zero-order valence-electron chi connectivity index (χ0n) is 9.57. The molecule has 86 valence electrons. The molecule has 15 heavy (non-hydrogen) atoms. The van der Waals surface area contributed by atoms with Crippen molar-refractivity contribution in [1.82, 2.24) is 9.88 Å². The summed E-state index contributed by atoms with van der Waals surface area (Å²) in [4.78, 5) is 6.70. The van der Waals surface area contributed by atoms with Crippen molar-refractivity contribution >= 4 is 11.3 Å². The third-order valence-electron chi connectivity index (χ3n) is 2.27. The molecular weight excluding hydrogens is 208 g/mol. The molecule has 0 fully saturated rings. The molecule has 1 rings (SSSR count). The first-order chi connectivity index (χ1) is 7.26. The minimum atomic E-state index is 0.230. The van der Waals surface area contributed by atoms with Crippen LogP contribution in [-0.4, -0.2) is 34.7 Å². The van der Waals surface area contributed by atoms with Gasteiger partial charge in [0, 0.05) is 17.6 Å². The summed E-state index contributed by atoms with van der Waals surface area (Å²) in [7, 11) is 0. The van der Waals surface area contributed by atoms with E-state index < -0.39 is 0 Å². The van der Waals surface area contributed by atoms with Gasteiger partial charge in [-0.25, -0.2) is 4.98 Å². The maximum Gasteiger partial charge on any atom is 0.107 e. The molecule has 0 saturated carbocycles. The summed E-state index contributed by atoms with van der Waals surface area (Å²) in [6.07, 6.45) is 2.38. The van der Waals surface area contributed by atoms with Gasteiger partial charge in [-0.2, -0.15) is 0 Å². The number of unbranched alkanes of at least 4 members (excludes halogenated alkanes) is 1. The highest BCUT2D eigenvalue weighted by Crippen LogP contribution is 2.11. The SMILES string of the molecule is CCCCN(CCO)Cc1nc(C)cs1. The molecule has 0 atom stereocenters. The second-order valence-corrected chi connectivity index (χ2v) is 4.68. The fourth-order valence-corrected chi connectivity index (χ4v) is 2.27. The Morgan fingerprint density at radius 1 is 1.47 bits per heavy atom. The Hall–Kier alpha value is -0.450. The summed E-state index contributed by atoms with van der Waals surface area (Å²) in [6.45, 7) is 7.11. The Labute approximate surface area is 95.8 Å². The monoisotopic (exact) mass is 228 g/mol. The van der Waals surface area contributed by atoms with E-state index in [4.69, 9.17) is 5.11 Å². The molecule has 1 aromatic heterocycles. The molecule has 4 heteroatoms. The first kappa shape index (κ1) is 12.6. The highest BCUT2D eigenvalue weighted by molar-refractivity contribution is 7.09. The number of aliphatic hydroxyl groups excluding tert-OH is 1. The quantitative estimate of drug-likeness (QED) is 0.776. The van der Waals surface area contributed by atoms with Gasteiger partial charge < -0.3 is 5.11 Å². The highest BCUT2D eigenvalue weighted by atomic mass is 32.1. The molecule has 0 aromatic carbocycles. The van der Waals surface area contributed by atoms with Crippen LogP contribution in [0, 0.1) is 6.92 Å². The van der Waals surface area contributed by atoms with Crippen molar-refractivity contribution in [2.75, 3.05) is 19.7 Å². The van der Waals surface area contributed by atoms with Gasteiger partial charge in [-0.05, 0) is 19.9 Å². The van der Waals surface area contributed by atoms with E-state index >= 15 is 0 Å². The predicted molar refractivity (Wildman–Crippen MR) is 64.1 cm³/mol. The number of hydrogen-bond donors (Lipinski definition) is 1. The third-order valence-corrected chi connectivity index (χ3v) is 3.22. The van der Waals surface area contributed by atoms with Crippen molar-refractivity contribution in [3.8, 4) is 0 Å². The number of hydrogen-bond acceptors (Lipinski definition) is 4. The fraction of sp³-hybridized carbons (Fsp3) is 0.727.